The smallest absolute Gasteiger partial charge is 0.268 e. The molecule has 5 nitrogen and oxygen atoms in total. The number of halogens is 1. The van der Waals surface area contributed by atoms with Crippen molar-refractivity contribution in [2.45, 2.75) is 20.4 Å². The van der Waals surface area contributed by atoms with Crippen molar-refractivity contribution in [3.8, 4) is 0 Å². The van der Waals surface area contributed by atoms with Crippen molar-refractivity contribution in [3.05, 3.63) is 70.4 Å². The van der Waals surface area contributed by atoms with Gasteiger partial charge in [0.1, 0.15) is 5.82 Å². The summed E-state index contributed by atoms with van der Waals surface area (Å²) in [5.41, 5.74) is 1.77. The van der Waals surface area contributed by atoms with Gasteiger partial charge in [0.15, 0.2) is 0 Å². The van der Waals surface area contributed by atoms with Crippen LogP contribution in [0.4, 0.5) is 10.1 Å². The molecule has 0 unspecified atom stereocenters. The molecule has 0 saturated heterocycles. The maximum Gasteiger partial charge on any atom is 0.268 e. The van der Waals surface area contributed by atoms with Crippen LogP contribution in [0.25, 0.3) is 5.57 Å². The third-order valence-corrected chi connectivity index (χ3v) is 5.15. The van der Waals surface area contributed by atoms with Crippen molar-refractivity contribution >= 4 is 40.7 Å². The Kier molecular flexibility index (Phi) is 5.94. The predicted molar refractivity (Wildman–Crippen MR) is 108 cm³/mol. The summed E-state index contributed by atoms with van der Waals surface area (Å²) in [6.45, 7) is 3.18. The first-order valence-electron chi connectivity index (χ1n) is 8.77. The predicted octanol–water partition coefficient (Wildman–Crippen LogP) is 3.82. The number of carbonyl (C=O) groups excluding carboxylic acids is 3. The number of imide groups is 1. The monoisotopic (exact) mass is 398 g/mol. The van der Waals surface area contributed by atoms with Crippen LogP contribution in [-0.2, 0) is 20.9 Å². The second-order valence-corrected chi connectivity index (χ2v) is 7.46. The third-order valence-electron chi connectivity index (χ3n) is 4.19. The number of thioether (sulfide) groups is 1. The largest absolute Gasteiger partial charge is 0.326 e. The molecule has 0 spiro atoms. The van der Waals surface area contributed by atoms with E-state index in [1.165, 1.54) is 24.8 Å². The lowest BCUT2D eigenvalue weighted by molar-refractivity contribution is -0.137. The molecule has 3 rings (SSSR count). The van der Waals surface area contributed by atoms with E-state index in [1.54, 1.807) is 42.5 Å². The lowest BCUT2D eigenvalue weighted by Gasteiger charge is -2.15. The van der Waals surface area contributed by atoms with Crippen molar-refractivity contribution in [1.29, 1.82) is 0 Å². The summed E-state index contributed by atoms with van der Waals surface area (Å²) in [6.07, 6.45) is 0. The van der Waals surface area contributed by atoms with Crippen LogP contribution in [0.3, 0.4) is 0 Å². The first-order valence-corrected chi connectivity index (χ1v) is 9.75. The lowest BCUT2D eigenvalue weighted by Crippen LogP contribution is -2.31. The molecular formula is C21H19FN2O3S. The molecule has 3 amide bonds. The van der Waals surface area contributed by atoms with Gasteiger partial charge in [-0.05, 0) is 29.5 Å². The Labute approximate surface area is 166 Å². The molecule has 0 saturated carbocycles. The van der Waals surface area contributed by atoms with E-state index in [4.69, 9.17) is 0 Å². The molecule has 2 aromatic rings. The van der Waals surface area contributed by atoms with Crippen LogP contribution in [0.5, 0.6) is 0 Å². The van der Waals surface area contributed by atoms with E-state index < -0.39 is 17.6 Å². The van der Waals surface area contributed by atoms with E-state index in [-0.39, 0.29) is 18.0 Å². The fourth-order valence-electron chi connectivity index (χ4n) is 2.95. The number of benzene rings is 2. The zero-order valence-electron chi connectivity index (χ0n) is 15.5. The highest BCUT2D eigenvalue weighted by molar-refractivity contribution is 8.04. The number of hydrogen-bond acceptors (Lipinski definition) is 4. The van der Waals surface area contributed by atoms with E-state index >= 15 is 0 Å². The molecule has 0 aromatic heterocycles. The summed E-state index contributed by atoms with van der Waals surface area (Å²) in [5, 5.41) is 2.66. The normalized spacial score (nSPS) is 14.0. The summed E-state index contributed by atoms with van der Waals surface area (Å²) >= 11 is 1.29. The number of nitrogens with zero attached hydrogens (tertiary/aromatic N) is 1. The summed E-state index contributed by atoms with van der Waals surface area (Å²) in [4.78, 5) is 38.5. The average molecular weight is 398 g/mol. The van der Waals surface area contributed by atoms with Crippen LogP contribution in [0, 0.1) is 5.82 Å². The van der Waals surface area contributed by atoms with E-state index in [0.717, 1.165) is 4.90 Å². The average Bonchev–Trinajstić information content (AvgIpc) is 2.88. The molecule has 0 aliphatic carbocycles. The first kappa shape index (κ1) is 19.8. The van der Waals surface area contributed by atoms with Crippen molar-refractivity contribution in [2.24, 2.45) is 0 Å². The molecule has 7 heteroatoms. The number of nitrogens with one attached hydrogen (secondary N) is 1. The van der Waals surface area contributed by atoms with Crippen molar-refractivity contribution in [2.75, 3.05) is 11.1 Å². The van der Waals surface area contributed by atoms with Gasteiger partial charge in [0.2, 0.25) is 5.91 Å². The highest BCUT2D eigenvalue weighted by Crippen LogP contribution is 2.37. The topological polar surface area (TPSA) is 66.5 Å². The van der Waals surface area contributed by atoms with Gasteiger partial charge in [-0.15, -0.1) is 11.8 Å². The van der Waals surface area contributed by atoms with E-state index in [0.29, 0.717) is 27.5 Å². The molecule has 1 heterocycles. The Morgan fingerprint density at radius 2 is 1.75 bits per heavy atom. The van der Waals surface area contributed by atoms with E-state index in [9.17, 15) is 18.8 Å². The molecule has 1 aliphatic heterocycles. The standard InChI is InChI=1S/C21H19FN2O3S/c1-3-28-19-18(14-8-10-16(11-9-14)23-13(2)25)20(26)24(21(19)27)12-15-6-4-5-7-17(15)22/h4-11H,3,12H2,1-2H3,(H,23,25). The van der Waals surface area contributed by atoms with Crippen LogP contribution >= 0.6 is 11.8 Å². The summed E-state index contributed by atoms with van der Waals surface area (Å²) in [6, 6.07) is 12.8. The summed E-state index contributed by atoms with van der Waals surface area (Å²) < 4.78 is 14.0. The molecule has 28 heavy (non-hydrogen) atoms. The van der Waals surface area contributed by atoms with Crippen LogP contribution in [0.15, 0.2) is 53.4 Å². The first-order chi connectivity index (χ1) is 13.4. The Morgan fingerprint density at radius 3 is 2.36 bits per heavy atom. The van der Waals surface area contributed by atoms with Gasteiger partial charge >= 0.3 is 0 Å². The van der Waals surface area contributed by atoms with Gasteiger partial charge in [-0.2, -0.15) is 0 Å². The number of rotatable bonds is 6. The lowest BCUT2D eigenvalue weighted by atomic mass is 10.1. The van der Waals surface area contributed by atoms with Gasteiger partial charge in [-0.1, -0.05) is 37.3 Å². The van der Waals surface area contributed by atoms with Crippen LogP contribution in [0.1, 0.15) is 25.0 Å². The molecule has 2 aromatic carbocycles. The molecule has 1 aliphatic rings. The minimum atomic E-state index is -0.457. The molecule has 0 fully saturated rings. The van der Waals surface area contributed by atoms with Gasteiger partial charge in [0.05, 0.1) is 17.0 Å². The van der Waals surface area contributed by atoms with Gasteiger partial charge in [-0.3, -0.25) is 19.3 Å². The number of amides is 3. The summed E-state index contributed by atoms with van der Waals surface area (Å²) in [5.74, 6) is -0.897. The molecule has 0 radical (unpaired) electrons. The zero-order chi connectivity index (χ0) is 20.3. The zero-order valence-corrected chi connectivity index (χ0v) is 16.3. The molecule has 1 N–H and O–H groups in total. The number of anilines is 1. The fourth-order valence-corrected chi connectivity index (χ4v) is 3.82. The van der Waals surface area contributed by atoms with Crippen LogP contribution in [0.2, 0.25) is 0 Å². The minimum Gasteiger partial charge on any atom is -0.326 e. The second kappa shape index (κ2) is 8.39. The van der Waals surface area contributed by atoms with Crippen molar-refractivity contribution in [3.63, 3.8) is 0 Å². The Hall–Kier alpha value is -2.93. The van der Waals surface area contributed by atoms with Gasteiger partial charge in [-0.25, -0.2) is 4.39 Å². The fraction of sp³-hybridized carbons (Fsp3) is 0.190. The number of hydrogen-bond donors (Lipinski definition) is 1. The summed E-state index contributed by atoms with van der Waals surface area (Å²) in [7, 11) is 0. The molecular weight excluding hydrogens is 379 g/mol. The van der Waals surface area contributed by atoms with Crippen LogP contribution in [-0.4, -0.2) is 28.4 Å². The van der Waals surface area contributed by atoms with Crippen LogP contribution < -0.4 is 5.32 Å². The molecule has 0 bridgehead atoms. The van der Waals surface area contributed by atoms with Gasteiger partial charge in [0, 0.05) is 18.2 Å². The minimum absolute atomic E-state index is 0.119. The van der Waals surface area contributed by atoms with Crippen molar-refractivity contribution in [1.82, 2.24) is 4.90 Å². The SMILES string of the molecule is CCSC1=C(c2ccc(NC(C)=O)cc2)C(=O)N(Cc2ccccc2F)C1=O. The Morgan fingerprint density at radius 1 is 1.07 bits per heavy atom. The highest BCUT2D eigenvalue weighted by atomic mass is 32.2. The van der Waals surface area contributed by atoms with E-state index in [1.807, 2.05) is 6.92 Å². The Balaban J connectivity index is 1.93. The van der Waals surface area contributed by atoms with Gasteiger partial charge < -0.3 is 5.32 Å². The molecule has 0 atom stereocenters. The highest BCUT2D eigenvalue weighted by Gasteiger charge is 2.39. The maximum absolute atomic E-state index is 14.0. The number of carbonyl (C=O) groups is 3. The third kappa shape index (κ3) is 3.99. The Bertz CT molecular complexity index is 970. The maximum atomic E-state index is 14.0. The van der Waals surface area contributed by atoms with Gasteiger partial charge in [0.25, 0.3) is 11.8 Å². The van der Waals surface area contributed by atoms with E-state index in [2.05, 4.69) is 5.32 Å². The van der Waals surface area contributed by atoms with Crippen molar-refractivity contribution < 1.29 is 18.8 Å². The quantitative estimate of drug-likeness (QED) is 0.752. The second-order valence-electron chi connectivity index (χ2n) is 6.18. The molecule has 144 valence electrons.